The highest BCUT2D eigenvalue weighted by Gasteiger charge is 2.08. The van der Waals surface area contributed by atoms with Crippen LogP contribution in [0.1, 0.15) is 32.2 Å². The van der Waals surface area contributed by atoms with Crippen LogP contribution in [0, 0.1) is 0 Å². The molecule has 2 rings (SSSR count). The van der Waals surface area contributed by atoms with Crippen molar-refractivity contribution in [1.29, 1.82) is 0 Å². The van der Waals surface area contributed by atoms with Gasteiger partial charge in [0.15, 0.2) is 0 Å². The zero-order chi connectivity index (χ0) is 13.7. The fraction of sp³-hybridized carbons (Fsp3) is 0.429. The Morgan fingerprint density at radius 3 is 2.74 bits per heavy atom. The van der Waals surface area contributed by atoms with Crippen molar-refractivity contribution >= 4 is 11.7 Å². The second-order valence-corrected chi connectivity index (χ2v) is 4.67. The third kappa shape index (κ3) is 3.79. The molecule has 0 saturated carbocycles. The molecule has 0 aliphatic heterocycles. The van der Waals surface area contributed by atoms with E-state index < -0.39 is 0 Å². The zero-order valence-corrected chi connectivity index (χ0v) is 11.6. The molecule has 1 aromatic carbocycles. The highest BCUT2D eigenvalue weighted by atomic mass is 16.4. The molecule has 0 amide bonds. The van der Waals surface area contributed by atoms with E-state index in [4.69, 9.17) is 4.42 Å². The van der Waals surface area contributed by atoms with E-state index in [1.165, 1.54) is 5.56 Å². The van der Waals surface area contributed by atoms with E-state index in [9.17, 15) is 0 Å². The maximum absolute atomic E-state index is 5.54. The molecule has 0 aliphatic rings. The summed E-state index contributed by atoms with van der Waals surface area (Å²) in [5, 5.41) is 14.4. The summed E-state index contributed by atoms with van der Waals surface area (Å²) in [6.07, 6.45) is 0.957. The SMILES string of the molecule is CCc1ccccc1Nc1nnc(CNC(C)C)o1. The largest absolute Gasteiger partial charge is 0.406 e. The van der Waals surface area contributed by atoms with Crippen LogP contribution in [0.5, 0.6) is 0 Å². The number of anilines is 2. The van der Waals surface area contributed by atoms with Crippen LogP contribution in [0.25, 0.3) is 0 Å². The Morgan fingerprint density at radius 2 is 2.00 bits per heavy atom. The minimum absolute atomic E-state index is 0.393. The lowest BCUT2D eigenvalue weighted by atomic mass is 10.1. The summed E-state index contributed by atoms with van der Waals surface area (Å²) in [6.45, 7) is 6.86. The number of hydrogen-bond donors (Lipinski definition) is 2. The topological polar surface area (TPSA) is 63.0 Å². The predicted molar refractivity (Wildman–Crippen MR) is 75.4 cm³/mol. The molecule has 102 valence electrons. The molecule has 5 nitrogen and oxygen atoms in total. The second kappa shape index (κ2) is 6.33. The van der Waals surface area contributed by atoms with Gasteiger partial charge >= 0.3 is 6.01 Å². The van der Waals surface area contributed by atoms with Crippen molar-refractivity contribution < 1.29 is 4.42 Å². The lowest BCUT2D eigenvalue weighted by molar-refractivity contribution is 0.460. The molecule has 5 heteroatoms. The number of hydrogen-bond acceptors (Lipinski definition) is 5. The van der Waals surface area contributed by atoms with Gasteiger partial charge in [-0.15, -0.1) is 5.10 Å². The number of para-hydroxylation sites is 1. The minimum Gasteiger partial charge on any atom is -0.406 e. The molecule has 0 fully saturated rings. The molecule has 2 N–H and O–H groups in total. The van der Waals surface area contributed by atoms with Crippen LogP contribution in [0.4, 0.5) is 11.7 Å². The van der Waals surface area contributed by atoms with Crippen LogP contribution >= 0.6 is 0 Å². The van der Waals surface area contributed by atoms with E-state index >= 15 is 0 Å². The average Bonchev–Trinajstić information content (AvgIpc) is 2.85. The summed E-state index contributed by atoms with van der Waals surface area (Å²) in [5.41, 5.74) is 2.24. The van der Waals surface area contributed by atoms with Crippen LogP contribution in [0.3, 0.4) is 0 Å². The van der Waals surface area contributed by atoms with Gasteiger partial charge < -0.3 is 15.1 Å². The number of aryl methyl sites for hydroxylation is 1. The number of nitrogens with zero attached hydrogens (tertiary/aromatic N) is 2. The molecular formula is C14H20N4O. The van der Waals surface area contributed by atoms with Gasteiger partial charge in [0.1, 0.15) is 0 Å². The van der Waals surface area contributed by atoms with E-state index in [-0.39, 0.29) is 0 Å². The van der Waals surface area contributed by atoms with Crippen molar-refractivity contribution in [3.8, 4) is 0 Å². The normalized spacial score (nSPS) is 10.9. The molecule has 0 radical (unpaired) electrons. The Morgan fingerprint density at radius 1 is 1.21 bits per heavy atom. The van der Waals surface area contributed by atoms with Gasteiger partial charge in [0.2, 0.25) is 5.89 Å². The monoisotopic (exact) mass is 260 g/mol. The molecule has 1 aromatic heterocycles. The third-order valence-electron chi connectivity index (χ3n) is 2.77. The lowest BCUT2D eigenvalue weighted by Crippen LogP contribution is -2.21. The first kappa shape index (κ1) is 13.5. The van der Waals surface area contributed by atoms with Crippen molar-refractivity contribution in [2.75, 3.05) is 5.32 Å². The molecule has 0 bridgehead atoms. The molecule has 0 spiro atoms. The van der Waals surface area contributed by atoms with E-state index in [1.807, 2.05) is 18.2 Å². The van der Waals surface area contributed by atoms with Crippen molar-refractivity contribution in [1.82, 2.24) is 15.5 Å². The maximum atomic E-state index is 5.54. The fourth-order valence-electron chi connectivity index (χ4n) is 1.73. The number of aromatic nitrogens is 2. The van der Waals surface area contributed by atoms with Gasteiger partial charge in [0, 0.05) is 11.7 Å². The van der Waals surface area contributed by atoms with E-state index in [1.54, 1.807) is 0 Å². The van der Waals surface area contributed by atoms with Crippen molar-refractivity contribution in [3.63, 3.8) is 0 Å². The molecule has 1 heterocycles. The van der Waals surface area contributed by atoms with Gasteiger partial charge in [-0.25, -0.2) is 0 Å². The number of benzene rings is 1. The molecular weight excluding hydrogens is 240 g/mol. The Hall–Kier alpha value is -1.88. The highest BCUT2D eigenvalue weighted by Crippen LogP contribution is 2.20. The minimum atomic E-state index is 0.393. The van der Waals surface area contributed by atoms with Crippen molar-refractivity contribution in [2.45, 2.75) is 39.8 Å². The zero-order valence-electron chi connectivity index (χ0n) is 11.6. The quantitative estimate of drug-likeness (QED) is 0.836. The Bertz CT molecular complexity index is 522. The fourth-order valence-corrected chi connectivity index (χ4v) is 1.73. The first-order chi connectivity index (χ1) is 9.19. The summed E-state index contributed by atoms with van der Waals surface area (Å²) < 4.78 is 5.54. The van der Waals surface area contributed by atoms with Gasteiger partial charge in [-0.2, -0.15) is 0 Å². The van der Waals surface area contributed by atoms with Crippen LogP contribution in [0.2, 0.25) is 0 Å². The maximum Gasteiger partial charge on any atom is 0.320 e. The van der Waals surface area contributed by atoms with Gasteiger partial charge in [0.05, 0.1) is 6.54 Å². The number of nitrogens with one attached hydrogen (secondary N) is 2. The molecule has 19 heavy (non-hydrogen) atoms. The first-order valence-electron chi connectivity index (χ1n) is 6.59. The van der Waals surface area contributed by atoms with E-state index in [0.717, 1.165) is 12.1 Å². The van der Waals surface area contributed by atoms with Crippen LogP contribution in [0.15, 0.2) is 28.7 Å². The summed E-state index contributed by atoms with van der Waals surface area (Å²) in [6, 6.07) is 8.93. The summed E-state index contributed by atoms with van der Waals surface area (Å²) >= 11 is 0. The summed E-state index contributed by atoms with van der Waals surface area (Å²) in [4.78, 5) is 0. The summed E-state index contributed by atoms with van der Waals surface area (Å²) in [7, 11) is 0. The Kier molecular flexibility index (Phi) is 4.52. The van der Waals surface area contributed by atoms with Crippen molar-refractivity contribution in [2.24, 2.45) is 0 Å². The Labute approximate surface area is 113 Å². The Balaban J connectivity index is 2.03. The van der Waals surface area contributed by atoms with Gasteiger partial charge in [0.25, 0.3) is 0 Å². The molecule has 2 aromatic rings. The standard InChI is InChI=1S/C14H20N4O/c1-4-11-7-5-6-8-12(11)16-14-18-17-13(19-14)9-15-10(2)3/h5-8,10,15H,4,9H2,1-3H3,(H,16,18). The van der Waals surface area contributed by atoms with E-state index in [0.29, 0.717) is 24.5 Å². The van der Waals surface area contributed by atoms with Crippen LogP contribution in [-0.2, 0) is 13.0 Å². The van der Waals surface area contributed by atoms with Gasteiger partial charge in [-0.3, -0.25) is 0 Å². The highest BCUT2D eigenvalue weighted by molar-refractivity contribution is 5.57. The smallest absolute Gasteiger partial charge is 0.320 e. The van der Waals surface area contributed by atoms with Crippen LogP contribution in [-0.4, -0.2) is 16.2 Å². The van der Waals surface area contributed by atoms with Crippen molar-refractivity contribution in [3.05, 3.63) is 35.7 Å². The van der Waals surface area contributed by atoms with Gasteiger partial charge in [-0.05, 0) is 18.1 Å². The van der Waals surface area contributed by atoms with Gasteiger partial charge in [-0.1, -0.05) is 44.1 Å². The van der Waals surface area contributed by atoms with Crippen LogP contribution < -0.4 is 10.6 Å². The predicted octanol–water partition coefficient (Wildman–Crippen LogP) is 2.87. The number of rotatable bonds is 6. The molecule has 0 aliphatic carbocycles. The average molecular weight is 260 g/mol. The molecule has 0 atom stereocenters. The lowest BCUT2D eigenvalue weighted by Gasteiger charge is -2.06. The summed E-state index contributed by atoms with van der Waals surface area (Å²) in [5.74, 6) is 0.588. The molecule has 0 saturated heterocycles. The second-order valence-electron chi connectivity index (χ2n) is 4.67. The molecule has 0 unspecified atom stereocenters. The third-order valence-corrected chi connectivity index (χ3v) is 2.77. The first-order valence-corrected chi connectivity index (χ1v) is 6.59. The van der Waals surface area contributed by atoms with E-state index in [2.05, 4.69) is 47.7 Å².